The maximum Gasteiger partial charge on any atom is 0.257 e. The molecule has 0 bridgehead atoms. The van der Waals surface area contributed by atoms with E-state index in [0.29, 0.717) is 21.6 Å². The zero-order valence-corrected chi connectivity index (χ0v) is 17.7. The van der Waals surface area contributed by atoms with Gasteiger partial charge in [-0.3, -0.25) is 14.9 Å². The van der Waals surface area contributed by atoms with E-state index in [1.807, 2.05) is 13.8 Å². The number of rotatable bonds is 9. The molecule has 1 unspecified atom stereocenters. The van der Waals surface area contributed by atoms with Crippen molar-refractivity contribution in [2.45, 2.75) is 56.5 Å². The van der Waals surface area contributed by atoms with Crippen LogP contribution in [0.15, 0.2) is 28.6 Å². The molecule has 1 aromatic carbocycles. The molecule has 8 heteroatoms. The average molecular weight is 407 g/mol. The fourth-order valence-electron chi connectivity index (χ4n) is 2.37. The number of amides is 2. The molecule has 0 fully saturated rings. The second-order valence-electron chi connectivity index (χ2n) is 6.25. The molecule has 1 heterocycles. The van der Waals surface area contributed by atoms with Crippen LogP contribution in [0.4, 0.5) is 10.8 Å². The predicted molar refractivity (Wildman–Crippen MR) is 113 cm³/mol. The van der Waals surface area contributed by atoms with Gasteiger partial charge in [0, 0.05) is 22.4 Å². The number of nitrogens with one attached hydrogen (secondary N) is 2. The molecule has 0 aliphatic carbocycles. The molecule has 6 nitrogen and oxygen atoms in total. The van der Waals surface area contributed by atoms with Crippen LogP contribution in [0.25, 0.3) is 0 Å². The molecule has 27 heavy (non-hydrogen) atoms. The lowest BCUT2D eigenvalue weighted by Gasteiger charge is -2.13. The predicted octanol–water partition coefficient (Wildman–Crippen LogP) is 5.06. The van der Waals surface area contributed by atoms with Gasteiger partial charge in [-0.15, -0.1) is 10.2 Å². The van der Waals surface area contributed by atoms with Gasteiger partial charge in [0.25, 0.3) is 5.91 Å². The first kappa shape index (κ1) is 21.4. The first-order valence-corrected chi connectivity index (χ1v) is 10.9. The van der Waals surface area contributed by atoms with Gasteiger partial charge in [0.05, 0.1) is 0 Å². The standard InChI is InChI=1S/C19H26N4O2S2/c1-5-12(4)26-19-23-22-18(27-19)21-17(25)14-9-8-10-15(11-14)20-16(24)13(6-2)7-3/h8-13H,5-7H2,1-4H3,(H,20,24)(H,21,22,25). The number of aromatic nitrogens is 2. The lowest BCUT2D eigenvalue weighted by atomic mass is 10.0. The van der Waals surface area contributed by atoms with Crippen LogP contribution < -0.4 is 10.6 Å². The zero-order chi connectivity index (χ0) is 19.8. The van der Waals surface area contributed by atoms with Gasteiger partial charge in [-0.25, -0.2) is 0 Å². The summed E-state index contributed by atoms with van der Waals surface area (Å²) in [5.74, 6) is -0.316. The van der Waals surface area contributed by atoms with E-state index in [-0.39, 0.29) is 17.7 Å². The Morgan fingerprint density at radius 1 is 1.11 bits per heavy atom. The fourth-order valence-corrected chi connectivity index (χ4v) is 4.37. The molecule has 0 aliphatic heterocycles. The highest BCUT2D eigenvalue weighted by molar-refractivity contribution is 8.01. The molecule has 1 atom stereocenters. The van der Waals surface area contributed by atoms with Crippen molar-refractivity contribution in [1.82, 2.24) is 10.2 Å². The normalized spacial score (nSPS) is 12.0. The van der Waals surface area contributed by atoms with Crippen LogP contribution in [0.5, 0.6) is 0 Å². The number of nitrogens with zero attached hydrogens (tertiary/aromatic N) is 2. The van der Waals surface area contributed by atoms with Crippen molar-refractivity contribution < 1.29 is 9.59 Å². The number of carbonyl (C=O) groups is 2. The third-order valence-corrected chi connectivity index (χ3v) is 6.44. The van der Waals surface area contributed by atoms with Crippen LogP contribution in [0.2, 0.25) is 0 Å². The monoisotopic (exact) mass is 406 g/mol. The van der Waals surface area contributed by atoms with E-state index in [1.54, 1.807) is 36.0 Å². The Bertz CT molecular complexity index is 775. The molecule has 2 aromatic rings. The molecule has 0 saturated heterocycles. The van der Waals surface area contributed by atoms with E-state index in [9.17, 15) is 9.59 Å². The molecule has 0 spiro atoms. The highest BCUT2D eigenvalue weighted by atomic mass is 32.2. The largest absolute Gasteiger partial charge is 0.326 e. The smallest absolute Gasteiger partial charge is 0.257 e. The van der Waals surface area contributed by atoms with Crippen LogP contribution in [0.3, 0.4) is 0 Å². The number of anilines is 2. The Balaban J connectivity index is 2.02. The molecule has 2 rings (SSSR count). The number of thioether (sulfide) groups is 1. The van der Waals surface area contributed by atoms with Gasteiger partial charge in [-0.2, -0.15) is 0 Å². The first-order valence-electron chi connectivity index (χ1n) is 9.19. The SMILES string of the molecule is CCC(C)Sc1nnc(NC(=O)c2cccc(NC(=O)C(CC)CC)c2)s1. The highest BCUT2D eigenvalue weighted by Crippen LogP contribution is 2.30. The summed E-state index contributed by atoms with van der Waals surface area (Å²) in [6, 6.07) is 6.91. The van der Waals surface area contributed by atoms with Crippen LogP contribution >= 0.6 is 23.1 Å². The molecule has 146 valence electrons. The minimum Gasteiger partial charge on any atom is -0.326 e. The number of hydrogen-bond acceptors (Lipinski definition) is 6. The number of carbonyl (C=O) groups excluding carboxylic acids is 2. The maximum atomic E-state index is 12.5. The topological polar surface area (TPSA) is 84.0 Å². The second kappa shape index (κ2) is 10.4. The molecular weight excluding hydrogens is 380 g/mol. The van der Waals surface area contributed by atoms with Crippen molar-refractivity contribution in [3.8, 4) is 0 Å². The number of hydrogen-bond donors (Lipinski definition) is 2. The molecule has 2 amide bonds. The van der Waals surface area contributed by atoms with Crippen LogP contribution in [-0.4, -0.2) is 27.3 Å². The van der Waals surface area contributed by atoms with E-state index in [1.165, 1.54) is 11.3 Å². The molecule has 0 aliphatic rings. The first-order chi connectivity index (χ1) is 13.0. The molecule has 0 saturated carbocycles. The summed E-state index contributed by atoms with van der Waals surface area (Å²) >= 11 is 3.01. The summed E-state index contributed by atoms with van der Waals surface area (Å²) in [7, 11) is 0. The molecule has 2 N–H and O–H groups in total. The highest BCUT2D eigenvalue weighted by Gasteiger charge is 2.16. The number of benzene rings is 1. The van der Waals surface area contributed by atoms with Crippen molar-refractivity contribution >= 4 is 45.7 Å². The summed E-state index contributed by atoms with van der Waals surface area (Å²) < 4.78 is 0.839. The summed E-state index contributed by atoms with van der Waals surface area (Å²) in [6.07, 6.45) is 2.62. The van der Waals surface area contributed by atoms with E-state index >= 15 is 0 Å². The van der Waals surface area contributed by atoms with E-state index in [4.69, 9.17) is 0 Å². The fraction of sp³-hybridized carbons (Fsp3) is 0.474. The lowest BCUT2D eigenvalue weighted by molar-refractivity contribution is -0.120. The Kier molecular flexibility index (Phi) is 8.24. The Morgan fingerprint density at radius 2 is 1.85 bits per heavy atom. The van der Waals surface area contributed by atoms with Gasteiger partial charge in [0.15, 0.2) is 4.34 Å². The van der Waals surface area contributed by atoms with Crippen molar-refractivity contribution in [2.24, 2.45) is 5.92 Å². The minimum absolute atomic E-state index is 0.0200. The van der Waals surface area contributed by atoms with E-state index < -0.39 is 0 Å². The summed E-state index contributed by atoms with van der Waals surface area (Å²) in [5.41, 5.74) is 1.08. The van der Waals surface area contributed by atoms with Gasteiger partial charge >= 0.3 is 0 Å². The van der Waals surface area contributed by atoms with Gasteiger partial charge < -0.3 is 5.32 Å². The molecular formula is C19H26N4O2S2. The quantitative estimate of drug-likeness (QED) is 0.449. The summed E-state index contributed by atoms with van der Waals surface area (Å²) in [4.78, 5) is 24.7. The van der Waals surface area contributed by atoms with Gasteiger partial charge in [-0.05, 0) is 37.5 Å². The third kappa shape index (κ3) is 6.32. The van der Waals surface area contributed by atoms with Crippen molar-refractivity contribution in [1.29, 1.82) is 0 Å². The lowest BCUT2D eigenvalue weighted by Crippen LogP contribution is -2.22. The third-order valence-electron chi connectivity index (χ3n) is 4.25. The molecule has 0 radical (unpaired) electrons. The van der Waals surface area contributed by atoms with Crippen molar-refractivity contribution in [3.63, 3.8) is 0 Å². The summed E-state index contributed by atoms with van der Waals surface area (Å²) in [5, 5.41) is 14.7. The van der Waals surface area contributed by atoms with Gasteiger partial charge in [0.1, 0.15) is 0 Å². The molecule has 1 aromatic heterocycles. The minimum atomic E-state index is -0.273. The van der Waals surface area contributed by atoms with Crippen LogP contribution in [0, 0.1) is 5.92 Å². The second-order valence-corrected chi connectivity index (χ2v) is 8.91. The van der Waals surface area contributed by atoms with E-state index in [0.717, 1.165) is 23.6 Å². The van der Waals surface area contributed by atoms with Crippen LogP contribution in [0.1, 0.15) is 57.3 Å². The Morgan fingerprint density at radius 3 is 2.52 bits per heavy atom. The zero-order valence-electron chi connectivity index (χ0n) is 16.1. The average Bonchev–Trinajstić information content (AvgIpc) is 3.09. The van der Waals surface area contributed by atoms with Crippen LogP contribution in [-0.2, 0) is 4.79 Å². The van der Waals surface area contributed by atoms with Crippen molar-refractivity contribution in [3.05, 3.63) is 29.8 Å². The maximum absolute atomic E-state index is 12.5. The van der Waals surface area contributed by atoms with Crippen molar-refractivity contribution in [2.75, 3.05) is 10.6 Å². The Labute approximate surface area is 168 Å². The van der Waals surface area contributed by atoms with Gasteiger partial charge in [0.2, 0.25) is 11.0 Å². The van der Waals surface area contributed by atoms with E-state index in [2.05, 4.69) is 34.7 Å². The van der Waals surface area contributed by atoms with Gasteiger partial charge in [-0.1, -0.05) is 56.9 Å². The Hall–Kier alpha value is -1.93. The summed E-state index contributed by atoms with van der Waals surface area (Å²) in [6.45, 7) is 8.24.